The Morgan fingerprint density at radius 2 is 1.81 bits per heavy atom. The lowest BCUT2D eigenvalue weighted by molar-refractivity contribution is 0.184. The number of anilines is 1. The molecule has 90 valence electrons. The summed E-state index contributed by atoms with van der Waals surface area (Å²) >= 11 is 0. The predicted molar refractivity (Wildman–Crippen MR) is 55.9 cm³/mol. The highest BCUT2D eigenvalue weighted by Crippen LogP contribution is 2.19. The van der Waals surface area contributed by atoms with E-state index in [1.54, 1.807) is 0 Å². The third kappa shape index (κ3) is 3.13. The van der Waals surface area contributed by atoms with E-state index in [0.29, 0.717) is 19.1 Å². The Balaban J connectivity index is 2.83. The van der Waals surface area contributed by atoms with Gasteiger partial charge in [0.05, 0.1) is 12.3 Å². The van der Waals surface area contributed by atoms with Gasteiger partial charge in [-0.15, -0.1) is 0 Å². The van der Waals surface area contributed by atoms with Gasteiger partial charge < -0.3 is 10.1 Å². The minimum Gasteiger partial charge on any atom is -0.383 e. The van der Waals surface area contributed by atoms with Crippen LogP contribution in [0, 0.1) is 17.5 Å². The molecular weight excluding hydrogens is 219 g/mol. The first-order chi connectivity index (χ1) is 7.58. The van der Waals surface area contributed by atoms with Crippen molar-refractivity contribution >= 4 is 5.69 Å². The number of rotatable bonds is 5. The zero-order valence-electron chi connectivity index (χ0n) is 9.19. The molecule has 0 heterocycles. The molecule has 0 bridgehead atoms. The van der Waals surface area contributed by atoms with Crippen molar-refractivity contribution in [1.29, 1.82) is 0 Å². The SMILES string of the molecule is CCC(COC)Nc1cc(F)c(F)cc1F. The smallest absolute Gasteiger partial charge is 0.161 e. The van der Waals surface area contributed by atoms with E-state index in [0.717, 1.165) is 6.07 Å². The second kappa shape index (κ2) is 5.75. The second-order valence-electron chi connectivity index (χ2n) is 3.45. The Morgan fingerprint density at radius 1 is 1.19 bits per heavy atom. The first-order valence-corrected chi connectivity index (χ1v) is 4.98. The predicted octanol–water partition coefficient (Wildman–Crippen LogP) is 2.94. The van der Waals surface area contributed by atoms with Gasteiger partial charge in [0.1, 0.15) is 5.82 Å². The number of methoxy groups -OCH3 is 1. The topological polar surface area (TPSA) is 21.3 Å². The Bertz CT molecular complexity index is 357. The largest absolute Gasteiger partial charge is 0.383 e. The van der Waals surface area contributed by atoms with Gasteiger partial charge in [0.25, 0.3) is 0 Å². The Labute approximate surface area is 92.4 Å². The van der Waals surface area contributed by atoms with Crippen molar-refractivity contribution in [2.45, 2.75) is 19.4 Å². The van der Waals surface area contributed by atoms with Crippen LogP contribution >= 0.6 is 0 Å². The average Bonchev–Trinajstić information content (AvgIpc) is 2.25. The van der Waals surface area contributed by atoms with Gasteiger partial charge in [-0.25, -0.2) is 13.2 Å². The molecule has 0 amide bonds. The standard InChI is InChI=1S/C11H14F3NO/c1-3-7(6-16-2)15-11-5-9(13)8(12)4-10(11)14/h4-5,7,15H,3,6H2,1-2H3. The van der Waals surface area contributed by atoms with Crippen LogP contribution < -0.4 is 5.32 Å². The van der Waals surface area contributed by atoms with Gasteiger partial charge in [-0.1, -0.05) is 6.92 Å². The van der Waals surface area contributed by atoms with Crippen LogP contribution in [0.4, 0.5) is 18.9 Å². The summed E-state index contributed by atoms with van der Waals surface area (Å²) in [6.45, 7) is 2.25. The molecule has 1 unspecified atom stereocenters. The third-order valence-corrected chi connectivity index (χ3v) is 2.23. The molecule has 0 aliphatic heterocycles. The Morgan fingerprint density at radius 3 is 2.38 bits per heavy atom. The van der Waals surface area contributed by atoms with Gasteiger partial charge >= 0.3 is 0 Å². The molecule has 1 aromatic rings. The van der Waals surface area contributed by atoms with E-state index in [9.17, 15) is 13.2 Å². The minimum absolute atomic E-state index is 0.0530. The number of halogens is 3. The van der Waals surface area contributed by atoms with Crippen LogP contribution in [0.2, 0.25) is 0 Å². The summed E-state index contributed by atoms with van der Waals surface area (Å²) in [7, 11) is 1.52. The highest BCUT2D eigenvalue weighted by molar-refractivity contribution is 5.46. The van der Waals surface area contributed by atoms with Gasteiger partial charge in [-0.3, -0.25) is 0 Å². The number of ether oxygens (including phenoxy) is 1. The molecule has 0 aliphatic carbocycles. The van der Waals surface area contributed by atoms with E-state index in [2.05, 4.69) is 5.32 Å². The quantitative estimate of drug-likeness (QED) is 0.789. The van der Waals surface area contributed by atoms with Crippen molar-refractivity contribution in [1.82, 2.24) is 0 Å². The number of nitrogens with one attached hydrogen (secondary N) is 1. The maximum Gasteiger partial charge on any atom is 0.161 e. The van der Waals surface area contributed by atoms with E-state index in [1.165, 1.54) is 7.11 Å². The fraction of sp³-hybridized carbons (Fsp3) is 0.455. The molecule has 5 heteroatoms. The van der Waals surface area contributed by atoms with Crippen molar-refractivity contribution in [3.63, 3.8) is 0 Å². The lowest BCUT2D eigenvalue weighted by Gasteiger charge is -2.17. The fourth-order valence-electron chi connectivity index (χ4n) is 1.32. The monoisotopic (exact) mass is 233 g/mol. The molecular formula is C11H14F3NO. The Kier molecular flexibility index (Phi) is 4.61. The van der Waals surface area contributed by atoms with Crippen LogP contribution in [0.15, 0.2) is 12.1 Å². The van der Waals surface area contributed by atoms with Crippen LogP contribution in [-0.4, -0.2) is 19.8 Å². The average molecular weight is 233 g/mol. The molecule has 1 aromatic carbocycles. The van der Waals surface area contributed by atoms with Crippen LogP contribution in [-0.2, 0) is 4.74 Å². The molecule has 0 saturated carbocycles. The summed E-state index contributed by atoms with van der Waals surface area (Å²) in [5.41, 5.74) is -0.0530. The van der Waals surface area contributed by atoms with Gasteiger partial charge in [-0.05, 0) is 6.42 Å². The second-order valence-corrected chi connectivity index (χ2v) is 3.45. The first kappa shape index (κ1) is 12.8. The Hall–Kier alpha value is -1.23. The summed E-state index contributed by atoms with van der Waals surface area (Å²) in [5.74, 6) is -3.08. The molecule has 0 radical (unpaired) electrons. The lowest BCUT2D eigenvalue weighted by atomic mass is 10.2. The van der Waals surface area contributed by atoms with Crippen molar-refractivity contribution in [2.75, 3.05) is 19.0 Å². The zero-order valence-corrected chi connectivity index (χ0v) is 9.19. The molecule has 1 N–H and O–H groups in total. The van der Waals surface area contributed by atoms with Gasteiger partial charge in [0, 0.05) is 25.3 Å². The van der Waals surface area contributed by atoms with Crippen LogP contribution in [0.5, 0.6) is 0 Å². The van der Waals surface area contributed by atoms with Gasteiger partial charge in [-0.2, -0.15) is 0 Å². The normalized spacial score (nSPS) is 12.6. The lowest BCUT2D eigenvalue weighted by Crippen LogP contribution is -2.24. The molecule has 0 aromatic heterocycles. The maximum atomic E-state index is 13.3. The van der Waals surface area contributed by atoms with Crippen molar-refractivity contribution < 1.29 is 17.9 Å². The molecule has 0 fully saturated rings. The molecule has 0 aliphatic rings. The van der Waals surface area contributed by atoms with E-state index >= 15 is 0 Å². The summed E-state index contributed by atoms with van der Waals surface area (Å²) < 4.78 is 43.7. The fourth-order valence-corrected chi connectivity index (χ4v) is 1.32. The molecule has 2 nitrogen and oxygen atoms in total. The zero-order chi connectivity index (χ0) is 12.1. The van der Waals surface area contributed by atoms with Crippen LogP contribution in [0.1, 0.15) is 13.3 Å². The summed E-state index contributed by atoms with van der Waals surface area (Å²) in [6, 6.07) is 1.20. The van der Waals surface area contributed by atoms with Gasteiger partial charge in [0.2, 0.25) is 0 Å². The molecule has 1 atom stereocenters. The number of benzene rings is 1. The molecule has 0 spiro atoms. The van der Waals surface area contributed by atoms with Crippen LogP contribution in [0.3, 0.4) is 0 Å². The number of hydrogen-bond donors (Lipinski definition) is 1. The summed E-state index contributed by atoms with van der Waals surface area (Å²) in [4.78, 5) is 0. The highest BCUT2D eigenvalue weighted by atomic mass is 19.2. The third-order valence-electron chi connectivity index (χ3n) is 2.23. The minimum atomic E-state index is -1.19. The van der Waals surface area contributed by atoms with E-state index in [-0.39, 0.29) is 11.7 Å². The van der Waals surface area contributed by atoms with Crippen molar-refractivity contribution in [2.24, 2.45) is 0 Å². The van der Waals surface area contributed by atoms with Crippen LogP contribution in [0.25, 0.3) is 0 Å². The maximum absolute atomic E-state index is 13.3. The van der Waals surface area contributed by atoms with E-state index in [1.807, 2.05) is 6.92 Å². The van der Waals surface area contributed by atoms with E-state index < -0.39 is 17.5 Å². The molecule has 16 heavy (non-hydrogen) atoms. The van der Waals surface area contributed by atoms with Crippen molar-refractivity contribution in [3.05, 3.63) is 29.6 Å². The summed E-state index contributed by atoms with van der Waals surface area (Å²) in [5, 5.41) is 2.76. The van der Waals surface area contributed by atoms with Gasteiger partial charge in [0.15, 0.2) is 11.6 Å². The first-order valence-electron chi connectivity index (χ1n) is 4.98. The molecule has 0 saturated heterocycles. The summed E-state index contributed by atoms with van der Waals surface area (Å²) in [6.07, 6.45) is 0.687. The highest BCUT2D eigenvalue weighted by Gasteiger charge is 2.13. The number of hydrogen-bond acceptors (Lipinski definition) is 2. The van der Waals surface area contributed by atoms with E-state index in [4.69, 9.17) is 4.74 Å². The van der Waals surface area contributed by atoms with Crippen molar-refractivity contribution in [3.8, 4) is 0 Å². The molecule has 1 rings (SSSR count).